The molecule has 0 unspecified atom stereocenters. The van der Waals surface area contributed by atoms with Crippen LogP contribution in [0.5, 0.6) is 0 Å². The highest BCUT2D eigenvalue weighted by atomic mass is 15.0. The Hall–Kier alpha value is -6.59. The van der Waals surface area contributed by atoms with Crippen LogP contribution in [0.1, 0.15) is 0 Å². The smallest absolute Gasteiger partial charge is 0.165 e. The molecule has 5 heteroatoms. The maximum atomic E-state index is 4.97. The Morgan fingerprint density at radius 1 is 0.271 bits per heavy atom. The predicted octanol–water partition coefficient (Wildman–Crippen LogP) is 10.3. The normalized spacial score (nSPS) is 10.9. The van der Waals surface area contributed by atoms with E-state index in [9.17, 15) is 0 Å². The second-order valence-corrected chi connectivity index (χ2v) is 11.4. The first kappa shape index (κ1) is 28.9. The summed E-state index contributed by atoms with van der Waals surface area (Å²) in [6, 6.07) is 52.6. The number of pyridine rings is 2. The zero-order chi connectivity index (χ0) is 32.1. The summed E-state index contributed by atoms with van der Waals surface area (Å²) in [5, 5.41) is 0. The van der Waals surface area contributed by atoms with Crippen molar-refractivity contribution in [1.29, 1.82) is 0 Å². The molecule has 0 spiro atoms. The second-order valence-electron chi connectivity index (χ2n) is 11.4. The van der Waals surface area contributed by atoms with E-state index in [1.807, 2.05) is 30.3 Å². The van der Waals surface area contributed by atoms with Crippen molar-refractivity contribution in [2.45, 2.75) is 0 Å². The van der Waals surface area contributed by atoms with E-state index in [0.29, 0.717) is 17.5 Å². The van der Waals surface area contributed by atoms with Crippen molar-refractivity contribution in [1.82, 2.24) is 24.9 Å². The van der Waals surface area contributed by atoms with Gasteiger partial charge in [0.15, 0.2) is 17.5 Å². The van der Waals surface area contributed by atoms with E-state index in [-0.39, 0.29) is 0 Å². The summed E-state index contributed by atoms with van der Waals surface area (Å²) < 4.78 is 0. The fraction of sp³-hybridized carbons (Fsp3) is 0. The highest BCUT2D eigenvalue weighted by Crippen LogP contribution is 2.42. The molecule has 3 aromatic heterocycles. The molecule has 0 N–H and O–H groups in total. The molecule has 48 heavy (non-hydrogen) atoms. The number of nitrogens with zero attached hydrogens (tertiary/aromatic N) is 5. The first-order valence-corrected chi connectivity index (χ1v) is 15.8. The Labute approximate surface area is 279 Å². The molecule has 0 atom stereocenters. The molecule has 8 rings (SSSR count). The molecule has 0 radical (unpaired) electrons. The average molecular weight is 616 g/mol. The van der Waals surface area contributed by atoms with Gasteiger partial charge in [0, 0.05) is 41.5 Å². The molecule has 0 amide bonds. The highest BCUT2D eigenvalue weighted by Gasteiger charge is 2.18. The van der Waals surface area contributed by atoms with Gasteiger partial charge in [-0.1, -0.05) is 115 Å². The Kier molecular flexibility index (Phi) is 7.83. The monoisotopic (exact) mass is 615 g/mol. The van der Waals surface area contributed by atoms with Crippen LogP contribution in [0.2, 0.25) is 0 Å². The summed E-state index contributed by atoms with van der Waals surface area (Å²) in [6.45, 7) is 0. The minimum absolute atomic E-state index is 0.555. The molecule has 3 heterocycles. The van der Waals surface area contributed by atoms with Crippen molar-refractivity contribution in [2.75, 3.05) is 0 Å². The minimum Gasteiger partial charge on any atom is -0.264 e. The molecule has 0 aliphatic rings. The maximum Gasteiger partial charge on any atom is 0.165 e. The largest absolute Gasteiger partial charge is 0.264 e. The second kappa shape index (κ2) is 13.0. The lowest BCUT2D eigenvalue weighted by atomic mass is 9.86. The van der Waals surface area contributed by atoms with Crippen LogP contribution in [0.4, 0.5) is 0 Å². The molecule has 5 aromatic carbocycles. The Morgan fingerprint density at radius 2 is 0.708 bits per heavy atom. The molecular formula is C43H29N5. The standard InChI is InChI=1S/C43H29N5/c1-4-12-30(13-5-1)33-20-22-37(31-14-6-2-7-15-31)40(26-33)38-23-21-34(27-39(38)32-16-8-3-9-17-32)41-46-42(35-18-10-24-44-28-35)48-43(47-41)36-19-11-25-45-29-36/h1-29H. The van der Waals surface area contributed by atoms with Gasteiger partial charge in [-0.05, 0) is 80.9 Å². The summed E-state index contributed by atoms with van der Waals surface area (Å²) >= 11 is 0. The van der Waals surface area contributed by atoms with Gasteiger partial charge in [-0.3, -0.25) is 9.97 Å². The molecule has 5 nitrogen and oxygen atoms in total. The Morgan fingerprint density at radius 3 is 1.25 bits per heavy atom. The molecule has 0 aliphatic heterocycles. The van der Waals surface area contributed by atoms with Gasteiger partial charge < -0.3 is 0 Å². The third-order valence-corrected chi connectivity index (χ3v) is 8.34. The van der Waals surface area contributed by atoms with Crippen molar-refractivity contribution in [3.8, 4) is 78.7 Å². The third-order valence-electron chi connectivity index (χ3n) is 8.34. The zero-order valence-corrected chi connectivity index (χ0v) is 26.0. The van der Waals surface area contributed by atoms with E-state index >= 15 is 0 Å². The van der Waals surface area contributed by atoms with Crippen LogP contribution in [0.3, 0.4) is 0 Å². The van der Waals surface area contributed by atoms with Crippen molar-refractivity contribution in [3.05, 3.63) is 176 Å². The number of benzene rings is 5. The van der Waals surface area contributed by atoms with E-state index in [4.69, 9.17) is 15.0 Å². The molecule has 0 bridgehead atoms. The zero-order valence-electron chi connectivity index (χ0n) is 26.0. The van der Waals surface area contributed by atoms with E-state index in [1.165, 1.54) is 5.56 Å². The average Bonchev–Trinajstić information content (AvgIpc) is 3.19. The van der Waals surface area contributed by atoms with Gasteiger partial charge in [0.05, 0.1) is 0 Å². The first-order chi connectivity index (χ1) is 23.8. The predicted molar refractivity (Wildman–Crippen MR) is 193 cm³/mol. The number of rotatable bonds is 7. The lowest BCUT2D eigenvalue weighted by Crippen LogP contribution is -2.01. The van der Waals surface area contributed by atoms with Crippen molar-refractivity contribution in [3.63, 3.8) is 0 Å². The van der Waals surface area contributed by atoms with Crippen LogP contribution < -0.4 is 0 Å². The van der Waals surface area contributed by atoms with Gasteiger partial charge in [-0.2, -0.15) is 0 Å². The fourth-order valence-corrected chi connectivity index (χ4v) is 5.97. The maximum absolute atomic E-state index is 4.97. The minimum atomic E-state index is 0.555. The van der Waals surface area contributed by atoms with Crippen LogP contribution in [0.15, 0.2) is 176 Å². The van der Waals surface area contributed by atoms with Crippen LogP contribution in [-0.4, -0.2) is 24.9 Å². The summed E-state index contributed by atoms with van der Waals surface area (Å²) in [6.07, 6.45) is 7.04. The lowest BCUT2D eigenvalue weighted by molar-refractivity contribution is 1.07. The lowest BCUT2D eigenvalue weighted by Gasteiger charge is -2.18. The van der Waals surface area contributed by atoms with E-state index in [2.05, 4.69) is 131 Å². The molecule has 8 aromatic rings. The van der Waals surface area contributed by atoms with Crippen molar-refractivity contribution >= 4 is 0 Å². The van der Waals surface area contributed by atoms with Gasteiger partial charge >= 0.3 is 0 Å². The third kappa shape index (κ3) is 5.88. The molecule has 0 fully saturated rings. The van der Waals surface area contributed by atoms with Gasteiger partial charge in [0.2, 0.25) is 0 Å². The summed E-state index contributed by atoms with van der Waals surface area (Å²) in [5.41, 5.74) is 11.6. The first-order valence-electron chi connectivity index (χ1n) is 15.8. The van der Waals surface area contributed by atoms with Gasteiger partial charge in [0.1, 0.15) is 0 Å². The molecular weight excluding hydrogens is 587 g/mol. The summed E-state index contributed by atoms with van der Waals surface area (Å²) in [4.78, 5) is 23.4. The summed E-state index contributed by atoms with van der Waals surface area (Å²) in [5.74, 6) is 1.69. The van der Waals surface area contributed by atoms with E-state index < -0.39 is 0 Å². The van der Waals surface area contributed by atoms with Gasteiger partial charge in [-0.25, -0.2) is 15.0 Å². The summed E-state index contributed by atoms with van der Waals surface area (Å²) in [7, 11) is 0. The fourth-order valence-electron chi connectivity index (χ4n) is 5.97. The SMILES string of the molecule is c1ccc(-c2ccc(-c3ccccc3)c(-c3ccc(-c4nc(-c5cccnc5)nc(-c5cccnc5)n4)cc3-c3ccccc3)c2)cc1. The quantitative estimate of drug-likeness (QED) is 0.178. The Balaban J connectivity index is 1.35. The van der Waals surface area contributed by atoms with Crippen LogP contribution in [-0.2, 0) is 0 Å². The number of aromatic nitrogens is 5. The highest BCUT2D eigenvalue weighted by molar-refractivity contribution is 5.95. The van der Waals surface area contributed by atoms with Crippen molar-refractivity contribution < 1.29 is 0 Å². The van der Waals surface area contributed by atoms with Crippen LogP contribution in [0.25, 0.3) is 78.7 Å². The molecule has 226 valence electrons. The Bertz CT molecular complexity index is 2250. The number of hydrogen-bond acceptors (Lipinski definition) is 5. The van der Waals surface area contributed by atoms with E-state index in [1.54, 1.807) is 24.8 Å². The van der Waals surface area contributed by atoms with Gasteiger partial charge in [-0.15, -0.1) is 0 Å². The molecule has 0 saturated carbocycles. The van der Waals surface area contributed by atoms with Crippen LogP contribution in [0, 0.1) is 0 Å². The molecule has 0 saturated heterocycles. The topological polar surface area (TPSA) is 64.5 Å². The van der Waals surface area contributed by atoms with Crippen LogP contribution >= 0.6 is 0 Å². The van der Waals surface area contributed by atoms with Crippen molar-refractivity contribution in [2.24, 2.45) is 0 Å². The van der Waals surface area contributed by atoms with Gasteiger partial charge in [0.25, 0.3) is 0 Å². The molecule has 0 aliphatic carbocycles. The van der Waals surface area contributed by atoms with E-state index in [0.717, 1.165) is 55.6 Å². The number of hydrogen-bond donors (Lipinski definition) is 0.